The molecule has 0 heterocycles. The van der Waals surface area contributed by atoms with Crippen LogP contribution in [0.4, 0.5) is 0 Å². The van der Waals surface area contributed by atoms with Gasteiger partial charge in [0.15, 0.2) is 0 Å². The van der Waals surface area contributed by atoms with Crippen LogP contribution in [0, 0.1) is 5.41 Å². The Kier molecular flexibility index (Phi) is 4.45. The molecule has 13 heavy (non-hydrogen) atoms. The van der Waals surface area contributed by atoms with Crippen LogP contribution in [0.3, 0.4) is 0 Å². The molecule has 2 heteroatoms. The van der Waals surface area contributed by atoms with E-state index in [1.807, 2.05) is 7.05 Å². The summed E-state index contributed by atoms with van der Waals surface area (Å²) in [4.78, 5) is 6.58. The standard InChI is InChI=1S/C11H24N2/c1-9(2)13(7)10(12-6)8-11(3,4)5/h9H,8H2,1-7H3. The molecule has 0 rings (SSSR count). The quantitative estimate of drug-likeness (QED) is 0.476. The molecule has 78 valence electrons. The lowest BCUT2D eigenvalue weighted by atomic mass is 9.91. The molecule has 0 unspecified atom stereocenters. The molecule has 0 saturated carbocycles. The fourth-order valence-electron chi connectivity index (χ4n) is 1.13. The lowest BCUT2D eigenvalue weighted by Crippen LogP contribution is -2.35. The molecule has 0 aliphatic carbocycles. The van der Waals surface area contributed by atoms with E-state index < -0.39 is 0 Å². The Morgan fingerprint density at radius 3 is 2.00 bits per heavy atom. The third-order valence-electron chi connectivity index (χ3n) is 2.13. The summed E-state index contributed by atoms with van der Waals surface area (Å²) in [5.74, 6) is 1.20. The minimum absolute atomic E-state index is 0.317. The van der Waals surface area contributed by atoms with Crippen LogP contribution in [0.2, 0.25) is 0 Å². The lowest BCUT2D eigenvalue weighted by Gasteiger charge is -2.29. The van der Waals surface area contributed by atoms with Crippen molar-refractivity contribution in [3.05, 3.63) is 0 Å². The molecule has 0 bridgehead atoms. The molecule has 0 aromatic heterocycles. The summed E-state index contributed by atoms with van der Waals surface area (Å²) in [6, 6.07) is 0.529. The van der Waals surface area contributed by atoms with E-state index in [4.69, 9.17) is 0 Å². The summed E-state index contributed by atoms with van der Waals surface area (Å²) in [5, 5.41) is 0. The molecule has 0 aliphatic heterocycles. The van der Waals surface area contributed by atoms with Crippen molar-refractivity contribution in [3.8, 4) is 0 Å². The fraction of sp³-hybridized carbons (Fsp3) is 0.909. The van der Waals surface area contributed by atoms with E-state index in [1.54, 1.807) is 0 Å². The Morgan fingerprint density at radius 2 is 1.77 bits per heavy atom. The van der Waals surface area contributed by atoms with E-state index in [1.165, 1.54) is 5.84 Å². The zero-order chi connectivity index (χ0) is 10.6. The van der Waals surface area contributed by atoms with E-state index in [2.05, 4.69) is 51.6 Å². The molecule has 0 fully saturated rings. The number of aliphatic imine (C=N–C) groups is 1. The van der Waals surface area contributed by atoms with Crippen molar-refractivity contribution < 1.29 is 0 Å². The Hall–Kier alpha value is -0.530. The van der Waals surface area contributed by atoms with Gasteiger partial charge in [-0.15, -0.1) is 0 Å². The normalized spacial score (nSPS) is 13.7. The van der Waals surface area contributed by atoms with Gasteiger partial charge in [0, 0.05) is 26.6 Å². The fourth-order valence-corrected chi connectivity index (χ4v) is 1.13. The first-order chi connectivity index (χ1) is 5.78. The smallest absolute Gasteiger partial charge is 0.0990 e. The number of nitrogens with zero attached hydrogens (tertiary/aromatic N) is 2. The zero-order valence-corrected chi connectivity index (χ0v) is 10.2. The molecule has 0 saturated heterocycles. The van der Waals surface area contributed by atoms with Gasteiger partial charge in [0.25, 0.3) is 0 Å². The first-order valence-corrected chi connectivity index (χ1v) is 4.96. The van der Waals surface area contributed by atoms with Crippen LogP contribution in [0.5, 0.6) is 0 Å². The van der Waals surface area contributed by atoms with Crippen LogP contribution < -0.4 is 0 Å². The third kappa shape index (κ3) is 4.91. The molecule has 0 radical (unpaired) electrons. The van der Waals surface area contributed by atoms with Crippen molar-refractivity contribution in [1.29, 1.82) is 0 Å². The maximum atomic E-state index is 4.34. The van der Waals surface area contributed by atoms with Gasteiger partial charge >= 0.3 is 0 Å². The van der Waals surface area contributed by atoms with Crippen molar-refractivity contribution in [1.82, 2.24) is 4.90 Å². The lowest BCUT2D eigenvalue weighted by molar-refractivity contribution is 0.365. The number of amidine groups is 1. The summed E-state index contributed by atoms with van der Waals surface area (Å²) >= 11 is 0. The van der Waals surface area contributed by atoms with Crippen molar-refractivity contribution >= 4 is 5.84 Å². The van der Waals surface area contributed by atoms with E-state index >= 15 is 0 Å². The highest BCUT2D eigenvalue weighted by Crippen LogP contribution is 2.20. The highest BCUT2D eigenvalue weighted by molar-refractivity contribution is 5.82. The van der Waals surface area contributed by atoms with Crippen LogP contribution in [0.1, 0.15) is 41.0 Å². The van der Waals surface area contributed by atoms with Crippen LogP contribution >= 0.6 is 0 Å². The largest absolute Gasteiger partial charge is 0.361 e. The maximum Gasteiger partial charge on any atom is 0.0990 e. The van der Waals surface area contributed by atoms with Gasteiger partial charge in [0.1, 0.15) is 0 Å². The minimum atomic E-state index is 0.317. The van der Waals surface area contributed by atoms with Gasteiger partial charge < -0.3 is 4.90 Å². The molecule has 0 aliphatic rings. The second-order valence-electron chi connectivity index (χ2n) is 5.08. The molecule has 0 spiro atoms. The van der Waals surface area contributed by atoms with Crippen molar-refractivity contribution in [2.45, 2.75) is 47.1 Å². The predicted octanol–water partition coefficient (Wildman–Crippen LogP) is 2.79. The van der Waals surface area contributed by atoms with Crippen molar-refractivity contribution in [3.63, 3.8) is 0 Å². The van der Waals surface area contributed by atoms with Gasteiger partial charge in [-0.25, -0.2) is 0 Å². The van der Waals surface area contributed by atoms with Crippen LogP contribution in [-0.2, 0) is 0 Å². The Bertz CT molecular complexity index is 175. The molecular formula is C11H24N2. The molecule has 0 aromatic carbocycles. The van der Waals surface area contributed by atoms with E-state index in [0.717, 1.165) is 6.42 Å². The Balaban J connectivity index is 4.38. The molecule has 0 atom stereocenters. The van der Waals surface area contributed by atoms with E-state index in [-0.39, 0.29) is 0 Å². The van der Waals surface area contributed by atoms with E-state index in [0.29, 0.717) is 11.5 Å². The second-order valence-corrected chi connectivity index (χ2v) is 5.08. The van der Waals surface area contributed by atoms with Crippen LogP contribution in [0.15, 0.2) is 4.99 Å². The van der Waals surface area contributed by atoms with Gasteiger partial charge in [-0.05, 0) is 19.3 Å². The topological polar surface area (TPSA) is 15.6 Å². The van der Waals surface area contributed by atoms with Gasteiger partial charge in [-0.1, -0.05) is 20.8 Å². The van der Waals surface area contributed by atoms with Gasteiger partial charge in [0.05, 0.1) is 5.84 Å². The molecule has 0 aromatic rings. The zero-order valence-electron chi connectivity index (χ0n) is 10.2. The van der Waals surface area contributed by atoms with Gasteiger partial charge in [-0.3, -0.25) is 4.99 Å². The van der Waals surface area contributed by atoms with Gasteiger partial charge in [-0.2, -0.15) is 0 Å². The first kappa shape index (κ1) is 12.5. The number of hydrogen-bond acceptors (Lipinski definition) is 1. The summed E-state index contributed by atoms with van der Waals surface area (Å²) in [5.41, 5.74) is 0.317. The van der Waals surface area contributed by atoms with E-state index in [9.17, 15) is 0 Å². The third-order valence-corrected chi connectivity index (χ3v) is 2.13. The average molecular weight is 184 g/mol. The summed E-state index contributed by atoms with van der Waals surface area (Å²) in [7, 11) is 3.98. The van der Waals surface area contributed by atoms with Crippen LogP contribution in [-0.4, -0.2) is 30.9 Å². The highest BCUT2D eigenvalue weighted by Gasteiger charge is 2.17. The highest BCUT2D eigenvalue weighted by atomic mass is 15.2. The Morgan fingerprint density at radius 1 is 1.31 bits per heavy atom. The minimum Gasteiger partial charge on any atom is -0.361 e. The first-order valence-electron chi connectivity index (χ1n) is 4.96. The monoisotopic (exact) mass is 184 g/mol. The van der Waals surface area contributed by atoms with Gasteiger partial charge in [0.2, 0.25) is 0 Å². The maximum absolute atomic E-state index is 4.34. The molecule has 0 amide bonds. The predicted molar refractivity (Wildman–Crippen MR) is 60.3 cm³/mol. The van der Waals surface area contributed by atoms with Crippen molar-refractivity contribution in [2.75, 3.05) is 14.1 Å². The average Bonchev–Trinajstić information content (AvgIpc) is 1.97. The molecule has 2 nitrogen and oxygen atoms in total. The SMILES string of the molecule is CN=C(CC(C)(C)C)N(C)C(C)C. The van der Waals surface area contributed by atoms with Crippen molar-refractivity contribution in [2.24, 2.45) is 10.4 Å². The molecular weight excluding hydrogens is 160 g/mol. The number of rotatable bonds is 2. The molecule has 0 N–H and O–H groups in total. The second kappa shape index (κ2) is 4.64. The Labute approximate surface area is 83.0 Å². The summed E-state index contributed by atoms with van der Waals surface area (Å²) in [6.07, 6.45) is 1.04. The number of hydrogen-bond donors (Lipinski definition) is 0. The summed E-state index contributed by atoms with van der Waals surface area (Å²) in [6.45, 7) is 11.1. The van der Waals surface area contributed by atoms with Crippen LogP contribution in [0.25, 0.3) is 0 Å². The summed E-state index contributed by atoms with van der Waals surface area (Å²) < 4.78 is 0.